The topological polar surface area (TPSA) is 66.0 Å². The smallest absolute Gasteiger partial charge is 0.224 e. The number of rotatable bonds is 9. The molecular formula is C19H22ClNO5. The monoisotopic (exact) mass is 379 g/mol. The zero-order chi connectivity index (χ0) is 18.9. The summed E-state index contributed by atoms with van der Waals surface area (Å²) >= 11 is 5.82. The molecule has 0 atom stereocenters. The molecule has 1 N–H and O–H groups in total. The van der Waals surface area contributed by atoms with Crippen LogP contribution < -0.4 is 24.3 Å². The summed E-state index contributed by atoms with van der Waals surface area (Å²) in [7, 11) is 4.61. The van der Waals surface area contributed by atoms with Gasteiger partial charge in [-0.2, -0.15) is 0 Å². The first-order valence-electron chi connectivity index (χ1n) is 8.01. The van der Waals surface area contributed by atoms with Gasteiger partial charge in [-0.05, 0) is 42.0 Å². The number of hydrogen-bond acceptors (Lipinski definition) is 5. The van der Waals surface area contributed by atoms with Gasteiger partial charge in [0.05, 0.1) is 34.3 Å². The quantitative estimate of drug-likeness (QED) is 0.678. The van der Waals surface area contributed by atoms with E-state index < -0.39 is 0 Å². The van der Waals surface area contributed by atoms with Crippen LogP contribution in [0.15, 0.2) is 36.4 Å². The minimum absolute atomic E-state index is 0.126. The normalized spacial score (nSPS) is 10.2. The summed E-state index contributed by atoms with van der Waals surface area (Å²) in [5, 5.41) is 3.46. The number of halogens is 1. The highest BCUT2D eigenvalue weighted by atomic mass is 35.5. The molecule has 0 aliphatic carbocycles. The molecule has 1 amide bonds. The Morgan fingerprint density at radius 3 is 2.15 bits per heavy atom. The van der Waals surface area contributed by atoms with Crippen LogP contribution >= 0.6 is 11.6 Å². The fraction of sp³-hybridized carbons (Fsp3) is 0.316. The molecule has 6 nitrogen and oxygen atoms in total. The van der Waals surface area contributed by atoms with Crippen molar-refractivity contribution >= 4 is 17.5 Å². The average Bonchev–Trinajstić information content (AvgIpc) is 2.65. The van der Waals surface area contributed by atoms with Crippen molar-refractivity contribution in [3.8, 4) is 23.0 Å². The van der Waals surface area contributed by atoms with Gasteiger partial charge < -0.3 is 24.3 Å². The Kier molecular flexibility index (Phi) is 7.41. The molecule has 2 aromatic carbocycles. The van der Waals surface area contributed by atoms with Gasteiger partial charge in [0.1, 0.15) is 12.4 Å². The maximum Gasteiger partial charge on any atom is 0.224 e. The lowest BCUT2D eigenvalue weighted by molar-refractivity contribution is -0.120. The number of hydrogen-bond donors (Lipinski definition) is 1. The number of nitrogens with one attached hydrogen (secondary N) is 1. The predicted molar refractivity (Wildman–Crippen MR) is 99.8 cm³/mol. The van der Waals surface area contributed by atoms with Crippen LogP contribution in [0.2, 0.25) is 5.02 Å². The van der Waals surface area contributed by atoms with Gasteiger partial charge in [-0.25, -0.2) is 0 Å². The average molecular weight is 380 g/mol. The first-order valence-corrected chi connectivity index (χ1v) is 8.39. The highest BCUT2D eigenvalue weighted by Gasteiger charge is 2.14. The third kappa shape index (κ3) is 5.46. The Labute approximate surface area is 158 Å². The third-order valence-electron chi connectivity index (χ3n) is 3.60. The third-order valence-corrected chi connectivity index (χ3v) is 3.85. The molecule has 0 spiro atoms. The SMILES string of the molecule is COc1cc(CC(=O)NCCOc2ccc(Cl)cc2)cc(OC)c1OC. The summed E-state index contributed by atoms with van der Waals surface area (Å²) in [4.78, 5) is 12.1. The van der Waals surface area contributed by atoms with Gasteiger partial charge in [-0.1, -0.05) is 11.6 Å². The lowest BCUT2D eigenvalue weighted by Crippen LogP contribution is -2.29. The summed E-state index contributed by atoms with van der Waals surface area (Å²) in [5.74, 6) is 2.10. The molecule has 0 aliphatic rings. The highest BCUT2D eigenvalue weighted by Crippen LogP contribution is 2.38. The van der Waals surface area contributed by atoms with Crippen LogP contribution in [0.3, 0.4) is 0 Å². The highest BCUT2D eigenvalue weighted by molar-refractivity contribution is 6.30. The zero-order valence-corrected chi connectivity index (χ0v) is 15.8. The molecule has 0 aromatic heterocycles. The second-order valence-electron chi connectivity index (χ2n) is 5.36. The minimum Gasteiger partial charge on any atom is -0.493 e. The molecule has 140 valence electrons. The minimum atomic E-state index is -0.126. The largest absolute Gasteiger partial charge is 0.493 e. The molecule has 0 fully saturated rings. The number of benzene rings is 2. The fourth-order valence-electron chi connectivity index (χ4n) is 2.38. The van der Waals surface area contributed by atoms with Gasteiger partial charge in [0.15, 0.2) is 11.5 Å². The molecule has 0 heterocycles. The molecule has 0 saturated heterocycles. The van der Waals surface area contributed by atoms with Crippen LogP contribution in [-0.4, -0.2) is 40.4 Å². The van der Waals surface area contributed by atoms with Crippen molar-refractivity contribution in [1.29, 1.82) is 0 Å². The van der Waals surface area contributed by atoms with Crippen molar-refractivity contribution in [2.75, 3.05) is 34.5 Å². The van der Waals surface area contributed by atoms with E-state index in [1.165, 1.54) is 21.3 Å². The van der Waals surface area contributed by atoms with E-state index in [4.69, 9.17) is 30.5 Å². The van der Waals surface area contributed by atoms with Crippen molar-refractivity contribution in [1.82, 2.24) is 5.32 Å². The molecule has 2 rings (SSSR count). The van der Waals surface area contributed by atoms with Crippen LogP contribution in [0.5, 0.6) is 23.0 Å². The van der Waals surface area contributed by atoms with Crippen LogP contribution in [0.1, 0.15) is 5.56 Å². The van der Waals surface area contributed by atoms with E-state index >= 15 is 0 Å². The van der Waals surface area contributed by atoms with E-state index in [1.807, 2.05) is 0 Å². The Morgan fingerprint density at radius 1 is 1.00 bits per heavy atom. The summed E-state index contributed by atoms with van der Waals surface area (Å²) in [5.41, 5.74) is 0.760. The number of methoxy groups -OCH3 is 3. The van der Waals surface area contributed by atoms with E-state index in [-0.39, 0.29) is 12.3 Å². The second kappa shape index (κ2) is 9.77. The first-order chi connectivity index (χ1) is 12.6. The van der Waals surface area contributed by atoms with E-state index in [0.717, 1.165) is 5.56 Å². The van der Waals surface area contributed by atoms with Gasteiger partial charge in [0, 0.05) is 5.02 Å². The van der Waals surface area contributed by atoms with Gasteiger partial charge in [-0.15, -0.1) is 0 Å². The van der Waals surface area contributed by atoms with E-state index in [2.05, 4.69) is 5.32 Å². The second-order valence-corrected chi connectivity index (χ2v) is 5.80. The summed E-state index contributed by atoms with van der Waals surface area (Å²) in [6, 6.07) is 10.6. The molecule has 26 heavy (non-hydrogen) atoms. The number of ether oxygens (including phenoxy) is 4. The number of carbonyl (C=O) groups is 1. The molecule has 0 unspecified atom stereocenters. The molecule has 0 aliphatic heterocycles. The predicted octanol–water partition coefficient (Wildman–Crippen LogP) is 3.10. The Bertz CT molecular complexity index is 708. The molecule has 2 aromatic rings. The Hall–Kier alpha value is -2.60. The van der Waals surface area contributed by atoms with Crippen molar-refractivity contribution in [2.24, 2.45) is 0 Å². The standard InChI is InChI=1S/C19H22ClNO5/c1-23-16-10-13(11-17(24-2)19(16)25-3)12-18(22)21-8-9-26-15-6-4-14(20)5-7-15/h4-7,10-11H,8-9,12H2,1-3H3,(H,21,22). The molecule has 0 radical (unpaired) electrons. The maximum atomic E-state index is 12.1. The van der Waals surface area contributed by atoms with Crippen LogP contribution in [0.4, 0.5) is 0 Å². The van der Waals surface area contributed by atoms with Crippen LogP contribution in [-0.2, 0) is 11.2 Å². The summed E-state index contributed by atoms with van der Waals surface area (Å²) < 4.78 is 21.4. The maximum absolute atomic E-state index is 12.1. The zero-order valence-electron chi connectivity index (χ0n) is 15.0. The Balaban J connectivity index is 1.86. The van der Waals surface area contributed by atoms with E-state index in [9.17, 15) is 4.79 Å². The number of carbonyl (C=O) groups excluding carboxylic acids is 1. The van der Waals surface area contributed by atoms with Crippen molar-refractivity contribution in [2.45, 2.75) is 6.42 Å². The van der Waals surface area contributed by atoms with E-state index in [0.29, 0.717) is 41.2 Å². The van der Waals surface area contributed by atoms with Crippen molar-refractivity contribution in [3.63, 3.8) is 0 Å². The summed E-state index contributed by atoms with van der Waals surface area (Å²) in [6.45, 7) is 0.758. The summed E-state index contributed by atoms with van der Waals surface area (Å²) in [6.07, 6.45) is 0.192. The van der Waals surface area contributed by atoms with Crippen LogP contribution in [0.25, 0.3) is 0 Å². The lowest BCUT2D eigenvalue weighted by Gasteiger charge is -2.14. The first kappa shape index (κ1) is 19.7. The van der Waals surface area contributed by atoms with Crippen LogP contribution in [0, 0.1) is 0 Å². The van der Waals surface area contributed by atoms with Gasteiger partial charge in [-0.3, -0.25) is 4.79 Å². The van der Waals surface area contributed by atoms with Crippen molar-refractivity contribution < 1.29 is 23.7 Å². The Morgan fingerprint density at radius 2 is 1.62 bits per heavy atom. The fourth-order valence-corrected chi connectivity index (χ4v) is 2.50. The van der Waals surface area contributed by atoms with Gasteiger partial charge in [0.25, 0.3) is 0 Å². The number of amides is 1. The molecule has 0 saturated carbocycles. The lowest BCUT2D eigenvalue weighted by atomic mass is 10.1. The molecular weight excluding hydrogens is 358 g/mol. The van der Waals surface area contributed by atoms with Gasteiger partial charge in [0.2, 0.25) is 11.7 Å². The molecule has 0 bridgehead atoms. The van der Waals surface area contributed by atoms with Gasteiger partial charge >= 0.3 is 0 Å². The molecule has 7 heteroatoms. The van der Waals surface area contributed by atoms with Crippen molar-refractivity contribution in [3.05, 3.63) is 47.0 Å². The van der Waals surface area contributed by atoms with E-state index in [1.54, 1.807) is 36.4 Å².